The fourth-order valence-corrected chi connectivity index (χ4v) is 12.4. The zero-order valence-corrected chi connectivity index (χ0v) is 43.3. The summed E-state index contributed by atoms with van der Waals surface area (Å²) in [6, 6.07) is 9.94. The van der Waals surface area contributed by atoms with Crippen LogP contribution in [0.2, 0.25) is 0 Å². The first-order valence-corrected chi connectivity index (χ1v) is 25.9. The number of allylic oxidation sites excluding steroid dienone is 4. The Morgan fingerprint density at radius 2 is 0.945 bits per heavy atom. The monoisotopic (exact) mass is 1070 g/mol. The molecule has 0 bridgehead atoms. The molecule has 13 nitrogen and oxygen atoms in total. The van der Waals surface area contributed by atoms with Crippen molar-refractivity contribution in [1.29, 1.82) is 0 Å². The molecule has 2 aliphatic carbocycles. The highest BCUT2D eigenvalue weighted by Crippen LogP contribution is 2.77. The fraction of sp³-hybridized carbons (Fsp3) is 0.596. The quantitative estimate of drug-likeness (QED) is 0.0183. The van der Waals surface area contributed by atoms with E-state index in [1.165, 1.54) is 42.5 Å². The molecule has 0 N–H and O–H groups in total. The minimum atomic E-state index is -5.77. The Labute approximate surface area is 430 Å². The van der Waals surface area contributed by atoms with E-state index in [0.29, 0.717) is 43.3 Å². The van der Waals surface area contributed by atoms with Crippen molar-refractivity contribution in [3.63, 3.8) is 0 Å². The number of esters is 2. The van der Waals surface area contributed by atoms with Crippen molar-refractivity contribution in [2.45, 2.75) is 86.6 Å². The minimum Gasteiger partial charge on any atom is -0.460 e. The van der Waals surface area contributed by atoms with E-state index >= 15 is 26.3 Å². The molecule has 4 aliphatic rings. The number of rotatable bonds is 30. The minimum absolute atomic E-state index is 0.00724. The fourth-order valence-electron chi connectivity index (χ4n) is 9.06. The highest BCUT2D eigenvalue weighted by molar-refractivity contribution is 8.13. The molecule has 0 saturated heterocycles. The van der Waals surface area contributed by atoms with Crippen LogP contribution in [0.5, 0.6) is 5.75 Å². The topological polar surface area (TPSA) is 144 Å². The molecule has 73 heavy (non-hydrogen) atoms. The van der Waals surface area contributed by atoms with Crippen LogP contribution in [-0.2, 0) is 42.6 Å². The number of alkyl halides is 6. The Bertz CT molecular complexity index is 2260. The molecule has 21 heteroatoms. The van der Waals surface area contributed by atoms with Crippen LogP contribution in [0.1, 0.15) is 91.1 Å². The van der Waals surface area contributed by atoms with Gasteiger partial charge in [0.1, 0.15) is 19.0 Å². The molecule has 404 valence electrons. The van der Waals surface area contributed by atoms with Gasteiger partial charge in [0, 0.05) is 56.5 Å². The predicted molar refractivity (Wildman–Crippen MR) is 263 cm³/mol. The van der Waals surface area contributed by atoms with Crippen molar-refractivity contribution >= 4 is 51.4 Å². The number of benzene rings is 2. The summed E-state index contributed by atoms with van der Waals surface area (Å²) in [4.78, 5) is 40.1. The van der Waals surface area contributed by atoms with Gasteiger partial charge < -0.3 is 47.4 Å². The van der Waals surface area contributed by atoms with Crippen LogP contribution < -0.4 is 4.74 Å². The van der Waals surface area contributed by atoms with Crippen LogP contribution in [0.25, 0.3) is 9.81 Å². The number of hydrogen-bond acceptors (Lipinski definition) is 15. The van der Waals surface area contributed by atoms with Gasteiger partial charge in [-0.05, 0) is 61.7 Å². The van der Waals surface area contributed by atoms with E-state index in [2.05, 4.69) is 6.92 Å². The first-order valence-electron chi connectivity index (χ1n) is 24.3. The second kappa shape index (κ2) is 26.1. The maximum atomic E-state index is 16.3. The molecule has 0 saturated carbocycles. The standard InChI is InChI=1S/C52H64F6O13S2/c1-6-7-8-9-10-11-16-70-47(61)71-38-14-12-34(13-15-38)41-32-39-43-44(51(55,56)52(57,58)50(43,53)54)40-33-42(73-49(40,3)48(39,2)72-41)35-29-36(45(59)68-27-25-66-23-21-64-19-17-62-4)31-37(30-35)46(60)69-28-26-67-24-22-65-20-18-63-5/h12-15,29-33,39-40H,6-11,16-28H2,1-5H3. The molecule has 2 heterocycles. The lowest BCUT2D eigenvalue weighted by Crippen LogP contribution is -2.56. The molecule has 0 spiro atoms. The number of unbranched alkanes of at least 4 members (excludes halogenated alkanes) is 5. The number of fused-ring (bicyclic) bond motifs is 5. The average molecular weight is 1080 g/mol. The average Bonchev–Trinajstić information content (AvgIpc) is 3.95. The summed E-state index contributed by atoms with van der Waals surface area (Å²) in [5, 5.41) is 0. The van der Waals surface area contributed by atoms with Gasteiger partial charge in [-0.3, -0.25) is 0 Å². The van der Waals surface area contributed by atoms with E-state index in [9.17, 15) is 14.4 Å². The van der Waals surface area contributed by atoms with Crippen LogP contribution in [0.15, 0.2) is 65.8 Å². The Hall–Kier alpha value is -4.09. The molecule has 2 aromatic carbocycles. The van der Waals surface area contributed by atoms with Gasteiger partial charge >= 0.3 is 35.9 Å². The number of carbonyl (C=O) groups is 3. The summed E-state index contributed by atoms with van der Waals surface area (Å²) in [7, 11) is 3.08. The zero-order valence-electron chi connectivity index (χ0n) is 41.7. The lowest BCUT2D eigenvalue weighted by atomic mass is 9.63. The first-order chi connectivity index (χ1) is 34.9. The Morgan fingerprint density at radius 1 is 0.521 bits per heavy atom. The summed E-state index contributed by atoms with van der Waals surface area (Å²) in [6.45, 7) is 7.52. The summed E-state index contributed by atoms with van der Waals surface area (Å²) in [5.41, 5.74) is -2.47. The lowest BCUT2D eigenvalue weighted by Gasteiger charge is -2.52. The van der Waals surface area contributed by atoms with Gasteiger partial charge in [0.05, 0.1) is 83.8 Å². The summed E-state index contributed by atoms with van der Waals surface area (Å²) in [5.74, 6) is -21.2. The van der Waals surface area contributed by atoms with E-state index in [1.807, 2.05) is 0 Å². The number of hydrogen-bond donors (Lipinski definition) is 0. The van der Waals surface area contributed by atoms with Gasteiger partial charge in [0.2, 0.25) is 0 Å². The highest BCUT2D eigenvalue weighted by atomic mass is 32.2. The van der Waals surface area contributed by atoms with Crippen molar-refractivity contribution in [3.05, 3.63) is 88.0 Å². The van der Waals surface area contributed by atoms with E-state index in [-0.39, 0.29) is 86.8 Å². The van der Waals surface area contributed by atoms with E-state index in [1.54, 1.807) is 40.2 Å². The van der Waals surface area contributed by atoms with E-state index in [4.69, 9.17) is 47.4 Å². The van der Waals surface area contributed by atoms with Crippen LogP contribution in [0.3, 0.4) is 0 Å². The van der Waals surface area contributed by atoms with Crippen molar-refractivity contribution < 1.29 is 88.1 Å². The van der Waals surface area contributed by atoms with Gasteiger partial charge in [-0.25, -0.2) is 14.4 Å². The molecule has 0 amide bonds. The van der Waals surface area contributed by atoms with Gasteiger partial charge in [0.25, 0.3) is 0 Å². The number of halogens is 6. The van der Waals surface area contributed by atoms with Crippen molar-refractivity contribution in [2.75, 3.05) is 100 Å². The number of carbonyl (C=O) groups excluding carboxylic acids is 3. The Kier molecular flexibility index (Phi) is 20.8. The predicted octanol–water partition coefficient (Wildman–Crippen LogP) is 11.1. The molecule has 6 rings (SSSR count). The van der Waals surface area contributed by atoms with Crippen LogP contribution in [0, 0.1) is 11.8 Å². The van der Waals surface area contributed by atoms with E-state index < -0.39 is 68.3 Å². The van der Waals surface area contributed by atoms with Gasteiger partial charge in [0.15, 0.2) is 0 Å². The molecular weight excluding hydrogens is 1010 g/mol. The van der Waals surface area contributed by atoms with Crippen LogP contribution >= 0.6 is 23.5 Å². The van der Waals surface area contributed by atoms with Gasteiger partial charge in [-0.2, -0.15) is 26.3 Å². The molecule has 0 aromatic heterocycles. The van der Waals surface area contributed by atoms with Gasteiger partial charge in [-0.1, -0.05) is 63.3 Å². The molecule has 2 aliphatic heterocycles. The van der Waals surface area contributed by atoms with Crippen molar-refractivity contribution in [2.24, 2.45) is 11.8 Å². The summed E-state index contributed by atoms with van der Waals surface area (Å²) < 4.78 is 146. The van der Waals surface area contributed by atoms with Crippen LogP contribution in [-0.4, -0.2) is 145 Å². The van der Waals surface area contributed by atoms with Crippen LogP contribution in [0.4, 0.5) is 31.1 Å². The van der Waals surface area contributed by atoms with Gasteiger partial charge in [-0.15, -0.1) is 23.5 Å². The smallest absolute Gasteiger partial charge is 0.460 e. The maximum absolute atomic E-state index is 16.3. The SMILES string of the molecule is CCCCCCCCOC(=O)Oc1ccc(C2=CC3C4=C(C5C=C(c6cc(C(=O)OCCOCCOCCOC)cc(C(=O)OCCOCCOCCOC)c6)SC5(C)C3(C)S2)C(F)(F)C(F)(F)C4(F)F)cc1. The molecule has 4 atom stereocenters. The normalized spacial score (nSPS) is 23.1. The van der Waals surface area contributed by atoms with E-state index in [0.717, 1.165) is 55.6 Å². The molecular formula is C52H64F6O13S2. The first kappa shape index (κ1) is 58.2. The maximum Gasteiger partial charge on any atom is 0.513 e. The lowest BCUT2D eigenvalue weighted by molar-refractivity contribution is -0.266. The molecule has 2 aromatic rings. The summed E-state index contributed by atoms with van der Waals surface area (Å²) >= 11 is 2.08. The second-order valence-electron chi connectivity index (χ2n) is 18.0. The Morgan fingerprint density at radius 3 is 1.41 bits per heavy atom. The molecule has 4 unspecified atom stereocenters. The third kappa shape index (κ3) is 13.1. The third-order valence-electron chi connectivity index (χ3n) is 13.1. The highest BCUT2D eigenvalue weighted by Gasteiger charge is 2.85. The second-order valence-corrected chi connectivity index (χ2v) is 21.0. The summed E-state index contributed by atoms with van der Waals surface area (Å²) in [6.07, 6.45) is 7.63. The Balaban J connectivity index is 1.25. The molecule has 0 radical (unpaired) electrons. The van der Waals surface area contributed by atoms with Crippen molar-refractivity contribution in [1.82, 2.24) is 0 Å². The number of methoxy groups -OCH3 is 2. The van der Waals surface area contributed by atoms with Crippen molar-refractivity contribution in [3.8, 4) is 5.75 Å². The largest absolute Gasteiger partial charge is 0.513 e. The number of thioether (sulfide) groups is 2. The number of ether oxygens (including phenoxy) is 10. The molecule has 0 fully saturated rings. The zero-order chi connectivity index (χ0) is 52.9. The third-order valence-corrected chi connectivity index (χ3v) is 16.6.